The van der Waals surface area contributed by atoms with Gasteiger partial charge in [0.2, 0.25) is 0 Å². The molecule has 0 heterocycles. The Balaban J connectivity index is 2.85. The third kappa shape index (κ3) is 6.49. The van der Waals surface area contributed by atoms with Crippen LogP contribution in [0.3, 0.4) is 0 Å². The SMILES string of the molecule is COc1ccccc1C(CNC(C)C)OC(C)CC(C)C. The lowest BCUT2D eigenvalue weighted by Gasteiger charge is -2.26. The summed E-state index contributed by atoms with van der Waals surface area (Å²) in [6, 6.07) is 8.55. The molecule has 3 heteroatoms. The molecule has 3 nitrogen and oxygen atoms in total. The summed E-state index contributed by atoms with van der Waals surface area (Å²) in [4.78, 5) is 0. The highest BCUT2D eigenvalue weighted by Gasteiger charge is 2.20. The Bertz CT molecular complexity index is 404. The van der Waals surface area contributed by atoms with Gasteiger partial charge in [-0.1, -0.05) is 45.9 Å². The van der Waals surface area contributed by atoms with E-state index in [4.69, 9.17) is 9.47 Å². The highest BCUT2D eigenvalue weighted by Crippen LogP contribution is 2.29. The summed E-state index contributed by atoms with van der Waals surface area (Å²) in [6.45, 7) is 11.7. The number of hydrogen-bond acceptors (Lipinski definition) is 3. The number of benzene rings is 1. The molecular weight excluding hydrogens is 262 g/mol. The van der Waals surface area contributed by atoms with Gasteiger partial charge in [0.1, 0.15) is 5.75 Å². The van der Waals surface area contributed by atoms with Crippen LogP contribution in [0.25, 0.3) is 0 Å². The van der Waals surface area contributed by atoms with E-state index in [-0.39, 0.29) is 12.2 Å². The van der Waals surface area contributed by atoms with E-state index in [2.05, 4.69) is 46.0 Å². The van der Waals surface area contributed by atoms with Crippen molar-refractivity contribution in [3.63, 3.8) is 0 Å². The third-order valence-corrected chi connectivity index (χ3v) is 3.40. The van der Waals surface area contributed by atoms with Crippen LogP contribution in [0.1, 0.15) is 52.7 Å². The number of ether oxygens (including phenoxy) is 2. The van der Waals surface area contributed by atoms with Crippen LogP contribution in [0, 0.1) is 5.92 Å². The first-order valence-electron chi connectivity index (χ1n) is 7.95. The summed E-state index contributed by atoms with van der Waals surface area (Å²) in [5.74, 6) is 1.53. The van der Waals surface area contributed by atoms with Gasteiger partial charge in [-0.2, -0.15) is 0 Å². The number of rotatable bonds is 9. The molecule has 0 fully saturated rings. The van der Waals surface area contributed by atoms with Crippen molar-refractivity contribution in [1.29, 1.82) is 0 Å². The Morgan fingerprint density at radius 1 is 1.05 bits per heavy atom. The van der Waals surface area contributed by atoms with Crippen LogP contribution < -0.4 is 10.1 Å². The van der Waals surface area contributed by atoms with Gasteiger partial charge in [0.25, 0.3) is 0 Å². The molecule has 0 aliphatic rings. The maximum absolute atomic E-state index is 6.30. The predicted molar refractivity (Wildman–Crippen MR) is 88.9 cm³/mol. The molecular formula is C18H31NO2. The third-order valence-electron chi connectivity index (χ3n) is 3.40. The summed E-state index contributed by atoms with van der Waals surface area (Å²) in [5.41, 5.74) is 1.11. The van der Waals surface area contributed by atoms with Gasteiger partial charge in [-0.15, -0.1) is 0 Å². The first-order valence-corrected chi connectivity index (χ1v) is 7.95. The normalized spacial score (nSPS) is 14.5. The summed E-state index contributed by atoms with van der Waals surface area (Å²) < 4.78 is 11.8. The lowest BCUT2D eigenvalue weighted by molar-refractivity contribution is -0.0144. The standard InChI is InChI=1S/C18H31NO2/c1-13(2)11-15(5)21-18(12-19-14(3)4)16-9-7-8-10-17(16)20-6/h7-10,13-15,18-19H,11-12H2,1-6H3. The first-order chi connectivity index (χ1) is 9.93. The van der Waals surface area contributed by atoms with Gasteiger partial charge in [-0.25, -0.2) is 0 Å². The van der Waals surface area contributed by atoms with Gasteiger partial charge in [0, 0.05) is 18.2 Å². The largest absolute Gasteiger partial charge is 0.496 e. The molecule has 21 heavy (non-hydrogen) atoms. The maximum Gasteiger partial charge on any atom is 0.124 e. The summed E-state index contributed by atoms with van der Waals surface area (Å²) >= 11 is 0. The van der Waals surface area contributed by atoms with Gasteiger partial charge >= 0.3 is 0 Å². The van der Waals surface area contributed by atoms with Crippen LogP contribution in [0.2, 0.25) is 0 Å². The van der Waals surface area contributed by atoms with E-state index < -0.39 is 0 Å². The minimum Gasteiger partial charge on any atom is -0.496 e. The van der Waals surface area contributed by atoms with Crippen molar-refractivity contribution in [1.82, 2.24) is 5.32 Å². The molecule has 0 aliphatic carbocycles. The lowest BCUT2D eigenvalue weighted by Crippen LogP contribution is -2.31. The summed E-state index contributed by atoms with van der Waals surface area (Å²) in [5, 5.41) is 3.47. The quantitative estimate of drug-likeness (QED) is 0.740. The van der Waals surface area contributed by atoms with Crippen LogP contribution in [-0.2, 0) is 4.74 Å². The second-order valence-electron chi connectivity index (χ2n) is 6.37. The number of para-hydroxylation sites is 1. The Hall–Kier alpha value is -1.06. The monoisotopic (exact) mass is 293 g/mol. The Kier molecular flexibility index (Phi) is 7.76. The fourth-order valence-corrected chi connectivity index (χ4v) is 2.51. The molecule has 0 spiro atoms. The van der Waals surface area contributed by atoms with Crippen LogP contribution >= 0.6 is 0 Å². The number of methoxy groups -OCH3 is 1. The molecule has 0 bridgehead atoms. The molecule has 0 radical (unpaired) electrons. The average Bonchev–Trinajstić information content (AvgIpc) is 2.42. The van der Waals surface area contributed by atoms with Crippen molar-refractivity contribution >= 4 is 0 Å². The van der Waals surface area contributed by atoms with Gasteiger partial charge in [-0.3, -0.25) is 0 Å². The van der Waals surface area contributed by atoms with E-state index in [0.717, 1.165) is 24.3 Å². The minimum atomic E-state index is 0.0114. The molecule has 1 rings (SSSR count). The van der Waals surface area contributed by atoms with Crippen molar-refractivity contribution in [3.05, 3.63) is 29.8 Å². The molecule has 0 aromatic heterocycles. The van der Waals surface area contributed by atoms with E-state index in [1.54, 1.807) is 7.11 Å². The van der Waals surface area contributed by atoms with E-state index in [1.165, 1.54) is 0 Å². The number of nitrogens with one attached hydrogen (secondary N) is 1. The summed E-state index contributed by atoms with van der Waals surface area (Å²) in [7, 11) is 1.71. The Labute approximate surface area is 130 Å². The molecule has 0 saturated heterocycles. The van der Waals surface area contributed by atoms with Gasteiger partial charge in [0.15, 0.2) is 0 Å². The van der Waals surface area contributed by atoms with E-state index in [9.17, 15) is 0 Å². The summed E-state index contributed by atoms with van der Waals surface area (Å²) in [6.07, 6.45) is 1.30. The van der Waals surface area contributed by atoms with Crippen LogP contribution in [0.4, 0.5) is 0 Å². The van der Waals surface area contributed by atoms with E-state index in [1.807, 2.05) is 18.2 Å². The molecule has 1 aromatic carbocycles. The average molecular weight is 293 g/mol. The number of hydrogen-bond donors (Lipinski definition) is 1. The highest BCUT2D eigenvalue weighted by molar-refractivity contribution is 5.35. The highest BCUT2D eigenvalue weighted by atomic mass is 16.5. The minimum absolute atomic E-state index is 0.0114. The molecule has 1 aromatic rings. The second-order valence-corrected chi connectivity index (χ2v) is 6.37. The molecule has 0 saturated carbocycles. The van der Waals surface area contributed by atoms with E-state index >= 15 is 0 Å². The van der Waals surface area contributed by atoms with Crippen LogP contribution in [0.5, 0.6) is 5.75 Å². The van der Waals surface area contributed by atoms with Crippen LogP contribution in [-0.4, -0.2) is 25.8 Å². The zero-order valence-corrected chi connectivity index (χ0v) is 14.3. The molecule has 1 N–H and O–H groups in total. The van der Waals surface area contributed by atoms with Crippen molar-refractivity contribution in [3.8, 4) is 5.75 Å². The fraction of sp³-hybridized carbons (Fsp3) is 0.667. The van der Waals surface area contributed by atoms with Gasteiger partial charge in [-0.05, 0) is 25.3 Å². The van der Waals surface area contributed by atoms with Gasteiger partial charge in [0.05, 0.1) is 19.3 Å². The molecule has 120 valence electrons. The van der Waals surface area contributed by atoms with Gasteiger partial charge < -0.3 is 14.8 Å². The van der Waals surface area contributed by atoms with E-state index in [0.29, 0.717) is 12.0 Å². The first kappa shape index (κ1) is 18.0. The van der Waals surface area contributed by atoms with Crippen LogP contribution in [0.15, 0.2) is 24.3 Å². The predicted octanol–water partition coefficient (Wildman–Crippen LogP) is 4.19. The smallest absolute Gasteiger partial charge is 0.124 e. The fourth-order valence-electron chi connectivity index (χ4n) is 2.51. The zero-order valence-electron chi connectivity index (χ0n) is 14.3. The zero-order chi connectivity index (χ0) is 15.8. The molecule has 0 aliphatic heterocycles. The van der Waals surface area contributed by atoms with Crippen molar-refractivity contribution in [2.45, 2.75) is 59.3 Å². The molecule has 0 amide bonds. The molecule has 2 unspecified atom stereocenters. The van der Waals surface area contributed by atoms with Crippen molar-refractivity contribution < 1.29 is 9.47 Å². The molecule has 2 atom stereocenters. The van der Waals surface area contributed by atoms with Crippen molar-refractivity contribution in [2.24, 2.45) is 5.92 Å². The maximum atomic E-state index is 6.30. The van der Waals surface area contributed by atoms with Crippen molar-refractivity contribution in [2.75, 3.05) is 13.7 Å². The second kappa shape index (κ2) is 9.06. The Morgan fingerprint density at radius 2 is 1.71 bits per heavy atom. The Morgan fingerprint density at radius 3 is 2.29 bits per heavy atom. The topological polar surface area (TPSA) is 30.5 Å². The lowest BCUT2D eigenvalue weighted by atomic mass is 10.0.